The molecule has 0 saturated heterocycles. The molecule has 0 saturated carbocycles. The molecule has 0 aliphatic carbocycles. The number of hydrogen-bond donors (Lipinski definition) is 1. The van der Waals surface area contributed by atoms with E-state index in [-0.39, 0.29) is 17.3 Å². The molecule has 1 aromatic heterocycles. The minimum absolute atomic E-state index is 0.0957. The lowest BCUT2D eigenvalue weighted by Crippen LogP contribution is -2.30. The van der Waals surface area contributed by atoms with Gasteiger partial charge in [0.05, 0.1) is 22.6 Å². The highest BCUT2D eigenvalue weighted by Gasteiger charge is 2.24. The molecule has 0 atom stereocenters. The minimum atomic E-state index is -3.73. The maximum absolute atomic E-state index is 13.2. The molecule has 166 valence electrons. The lowest BCUT2D eigenvalue weighted by atomic mass is 10.1. The Morgan fingerprint density at radius 3 is 2.45 bits per heavy atom. The number of nitrogens with one attached hydrogen (secondary N) is 1. The first-order chi connectivity index (χ1) is 14.8. The van der Waals surface area contributed by atoms with E-state index < -0.39 is 10.0 Å². The van der Waals surface area contributed by atoms with Gasteiger partial charge in [-0.05, 0) is 73.2 Å². The van der Waals surface area contributed by atoms with Crippen LogP contribution in [0.5, 0.6) is 5.75 Å². The highest BCUT2D eigenvalue weighted by atomic mass is 32.2. The standard InChI is InChI=1S/C23H28N2O4S2/c1-5-25(31(27,28)20-9-7-19(29-4)8-10-20)18-6-11-21-17(14-18)15-22(30-21)23(26)24-13-12-16(2)3/h6-11,14-16H,5,12-13H2,1-4H3,(H,24,26). The zero-order valence-electron chi connectivity index (χ0n) is 18.2. The molecule has 3 rings (SSSR count). The van der Waals surface area contributed by atoms with Crippen molar-refractivity contribution in [2.75, 3.05) is 24.5 Å². The zero-order valence-corrected chi connectivity index (χ0v) is 19.8. The third-order valence-corrected chi connectivity index (χ3v) is 7.99. The fraction of sp³-hybridized carbons (Fsp3) is 0.348. The summed E-state index contributed by atoms with van der Waals surface area (Å²) in [4.78, 5) is 13.3. The fourth-order valence-corrected chi connectivity index (χ4v) is 5.65. The van der Waals surface area contributed by atoms with Gasteiger partial charge in [0.25, 0.3) is 15.9 Å². The van der Waals surface area contributed by atoms with Gasteiger partial charge < -0.3 is 10.1 Å². The molecule has 0 unspecified atom stereocenters. The molecule has 1 heterocycles. The molecule has 0 spiro atoms. The summed E-state index contributed by atoms with van der Waals surface area (Å²) in [6.45, 7) is 6.96. The van der Waals surface area contributed by atoms with Gasteiger partial charge in [0.2, 0.25) is 0 Å². The van der Waals surface area contributed by atoms with Gasteiger partial charge in [0.1, 0.15) is 5.75 Å². The smallest absolute Gasteiger partial charge is 0.264 e. The summed E-state index contributed by atoms with van der Waals surface area (Å²) < 4.78 is 33.8. The van der Waals surface area contributed by atoms with E-state index in [0.717, 1.165) is 16.5 Å². The molecule has 0 aliphatic heterocycles. The van der Waals surface area contributed by atoms with Crippen molar-refractivity contribution in [1.82, 2.24) is 5.32 Å². The van der Waals surface area contributed by atoms with E-state index in [0.29, 0.717) is 28.8 Å². The highest BCUT2D eigenvalue weighted by Crippen LogP contribution is 2.32. The van der Waals surface area contributed by atoms with Crippen molar-refractivity contribution in [2.24, 2.45) is 5.92 Å². The van der Waals surface area contributed by atoms with Crippen LogP contribution in [0.1, 0.15) is 36.9 Å². The molecule has 1 N–H and O–H groups in total. The molecule has 8 heteroatoms. The van der Waals surface area contributed by atoms with E-state index in [1.807, 2.05) is 18.2 Å². The number of ether oxygens (including phenoxy) is 1. The second-order valence-corrected chi connectivity index (χ2v) is 10.6. The number of thiophene rings is 1. The van der Waals surface area contributed by atoms with Crippen LogP contribution in [0, 0.1) is 5.92 Å². The van der Waals surface area contributed by atoms with Crippen LogP contribution in [0.25, 0.3) is 10.1 Å². The van der Waals surface area contributed by atoms with Crippen molar-refractivity contribution in [3.05, 3.63) is 53.4 Å². The van der Waals surface area contributed by atoms with E-state index in [1.165, 1.54) is 22.8 Å². The molecule has 6 nitrogen and oxygen atoms in total. The predicted octanol–water partition coefficient (Wildman–Crippen LogP) is 4.90. The molecule has 3 aromatic rings. The van der Waals surface area contributed by atoms with E-state index >= 15 is 0 Å². The molecule has 0 bridgehead atoms. The van der Waals surface area contributed by atoms with Crippen LogP contribution in [-0.4, -0.2) is 34.5 Å². The minimum Gasteiger partial charge on any atom is -0.497 e. The van der Waals surface area contributed by atoms with Gasteiger partial charge in [-0.3, -0.25) is 9.10 Å². The Morgan fingerprint density at radius 1 is 1.13 bits per heavy atom. The van der Waals surface area contributed by atoms with Crippen LogP contribution in [0.3, 0.4) is 0 Å². The normalized spacial score (nSPS) is 11.6. The Morgan fingerprint density at radius 2 is 1.84 bits per heavy atom. The molecule has 1 amide bonds. The topological polar surface area (TPSA) is 75.7 Å². The Balaban J connectivity index is 1.87. The number of fused-ring (bicyclic) bond motifs is 1. The number of anilines is 1. The number of benzene rings is 2. The Kier molecular flexibility index (Phi) is 7.23. The van der Waals surface area contributed by atoms with Crippen molar-refractivity contribution in [3.63, 3.8) is 0 Å². The number of carbonyl (C=O) groups excluding carboxylic acids is 1. The number of methoxy groups -OCH3 is 1. The van der Waals surface area contributed by atoms with Gasteiger partial charge in [-0.15, -0.1) is 11.3 Å². The molecular weight excluding hydrogens is 432 g/mol. The van der Waals surface area contributed by atoms with E-state index in [9.17, 15) is 13.2 Å². The molecule has 0 aliphatic rings. The van der Waals surface area contributed by atoms with Crippen LogP contribution in [0.15, 0.2) is 53.4 Å². The third-order valence-electron chi connectivity index (χ3n) is 4.95. The van der Waals surface area contributed by atoms with Crippen molar-refractivity contribution >= 4 is 43.0 Å². The first-order valence-electron chi connectivity index (χ1n) is 10.2. The van der Waals surface area contributed by atoms with Crippen LogP contribution in [0.2, 0.25) is 0 Å². The largest absolute Gasteiger partial charge is 0.497 e. The van der Waals surface area contributed by atoms with Gasteiger partial charge in [0.15, 0.2) is 0 Å². The first-order valence-corrected chi connectivity index (χ1v) is 12.5. The number of sulfonamides is 1. The van der Waals surface area contributed by atoms with Gasteiger partial charge in [-0.2, -0.15) is 0 Å². The van der Waals surface area contributed by atoms with Crippen LogP contribution < -0.4 is 14.4 Å². The molecule has 31 heavy (non-hydrogen) atoms. The highest BCUT2D eigenvalue weighted by molar-refractivity contribution is 7.92. The van der Waals surface area contributed by atoms with E-state index in [1.54, 1.807) is 37.3 Å². The predicted molar refractivity (Wildman–Crippen MR) is 127 cm³/mol. The summed E-state index contributed by atoms with van der Waals surface area (Å²) in [5.74, 6) is 1.03. The second-order valence-electron chi connectivity index (χ2n) is 7.62. The summed E-state index contributed by atoms with van der Waals surface area (Å²) in [6, 6.07) is 13.6. The number of nitrogens with zero attached hydrogens (tertiary/aromatic N) is 1. The Labute approximate surface area is 187 Å². The average Bonchev–Trinajstić information content (AvgIpc) is 3.17. The molecule has 2 aromatic carbocycles. The summed E-state index contributed by atoms with van der Waals surface area (Å²) in [5.41, 5.74) is 0.565. The van der Waals surface area contributed by atoms with E-state index in [4.69, 9.17) is 4.74 Å². The van der Waals surface area contributed by atoms with Crippen molar-refractivity contribution in [2.45, 2.75) is 32.1 Å². The van der Waals surface area contributed by atoms with Gasteiger partial charge >= 0.3 is 0 Å². The van der Waals surface area contributed by atoms with Gasteiger partial charge in [0, 0.05) is 17.8 Å². The van der Waals surface area contributed by atoms with Crippen LogP contribution in [-0.2, 0) is 10.0 Å². The van der Waals surface area contributed by atoms with Crippen LogP contribution in [0.4, 0.5) is 5.69 Å². The molecular formula is C23H28N2O4S2. The number of carbonyl (C=O) groups is 1. The maximum atomic E-state index is 13.2. The third kappa shape index (κ3) is 5.19. The van der Waals surface area contributed by atoms with Crippen LogP contribution >= 0.6 is 11.3 Å². The zero-order chi connectivity index (χ0) is 22.6. The van der Waals surface area contributed by atoms with E-state index in [2.05, 4.69) is 19.2 Å². The summed E-state index contributed by atoms with van der Waals surface area (Å²) in [7, 11) is -2.19. The Hall–Kier alpha value is -2.58. The monoisotopic (exact) mass is 460 g/mol. The summed E-state index contributed by atoms with van der Waals surface area (Å²) in [6.07, 6.45) is 0.926. The quantitative estimate of drug-likeness (QED) is 0.493. The lowest BCUT2D eigenvalue weighted by Gasteiger charge is -2.23. The van der Waals surface area contributed by atoms with Gasteiger partial charge in [-0.1, -0.05) is 13.8 Å². The first kappa shape index (κ1) is 23.1. The number of rotatable bonds is 9. The van der Waals surface area contributed by atoms with Crippen molar-refractivity contribution < 1.29 is 17.9 Å². The fourth-order valence-electron chi connectivity index (χ4n) is 3.23. The second kappa shape index (κ2) is 9.70. The Bertz CT molecular complexity index is 1150. The maximum Gasteiger partial charge on any atom is 0.264 e. The summed E-state index contributed by atoms with van der Waals surface area (Å²) in [5, 5.41) is 3.80. The van der Waals surface area contributed by atoms with Crippen molar-refractivity contribution in [3.8, 4) is 5.75 Å². The molecule has 0 radical (unpaired) electrons. The van der Waals surface area contributed by atoms with Gasteiger partial charge in [-0.25, -0.2) is 8.42 Å². The number of hydrogen-bond acceptors (Lipinski definition) is 5. The SMILES string of the molecule is CCN(c1ccc2sc(C(=O)NCCC(C)C)cc2c1)S(=O)(=O)c1ccc(OC)cc1. The van der Waals surface area contributed by atoms with Crippen molar-refractivity contribution in [1.29, 1.82) is 0 Å². The molecule has 0 fully saturated rings. The lowest BCUT2D eigenvalue weighted by molar-refractivity contribution is 0.0956. The summed E-state index contributed by atoms with van der Waals surface area (Å²) >= 11 is 1.41. The number of amides is 1. The average molecular weight is 461 g/mol.